The number of nitrogens with one attached hydrogen (secondary N) is 1. The molecule has 0 aliphatic heterocycles. The van der Waals surface area contributed by atoms with Crippen LogP contribution in [0, 0.1) is 13.8 Å². The highest BCUT2D eigenvalue weighted by Crippen LogP contribution is 2.26. The van der Waals surface area contributed by atoms with Crippen LogP contribution >= 0.6 is 15.9 Å². The number of sulfonamides is 1. The van der Waals surface area contributed by atoms with E-state index in [1.54, 1.807) is 42.5 Å². The van der Waals surface area contributed by atoms with Crippen molar-refractivity contribution in [2.45, 2.75) is 44.7 Å². The van der Waals surface area contributed by atoms with Crippen molar-refractivity contribution in [3.63, 3.8) is 0 Å². The molecule has 2 amide bonds. The SMILES string of the molecule is CCNC(=O)C(Cc1ccccc1)N(Cc1cccc(Br)c1)C(=O)CN(c1cccc(C)c1)S(=O)(=O)c1ccc(C)cc1. The van der Waals surface area contributed by atoms with Crippen LogP contribution < -0.4 is 9.62 Å². The topological polar surface area (TPSA) is 86.8 Å². The zero-order valence-electron chi connectivity index (χ0n) is 24.5. The monoisotopic (exact) mass is 661 g/mol. The number of hydrogen-bond acceptors (Lipinski definition) is 4. The highest BCUT2D eigenvalue weighted by Gasteiger charge is 2.34. The second-order valence-corrected chi connectivity index (χ2v) is 13.2. The average molecular weight is 663 g/mol. The number of benzene rings is 4. The molecule has 4 aromatic rings. The number of carbonyl (C=O) groups is 2. The van der Waals surface area contributed by atoms with Gasteiger partial charge >= 0.3 is 0 Å². The van der Waals surface area contributed by atoms with Crippen molar-refractivity contribution in [1.82, 2.24) is 10.2 Å². The summed E-state index contributed by atoms with van der Waals surface area (Å²) in [6, 6.07) is 29.7. The van der Waals surface area contributed by atoms with Crippen LogP contribution in [0.5, 0.6) is 0 Å². The summed E-state index contributed by atoms with van der Waals surface area (Å²) in [5.41, 5.74) is 3.82. The average Bonchev–Trinajstić information content (AvgIpc) is 2.98. The molecule has 224 valence electrons. The van der Waals surface area contributed by atoms with Crippen LogP contribution in [0.2, 0.25) is 0 Å². The van der Waals surface area contributed by atoms with E-state index in [9.17, 15) is 18.0 Å². The zero-order chi connectivity index (χ0) is 31.0. The van der Waals surface area contributed by atoms with E-state index in [2.05, 4.69) is 21.2 Å². The molecule has 0 aliphatic carbocycles. The van der Waals surface area contributed by atoms with E-state index in [-0.39, 0.29) is 23.8 Å². The van der Waals surface area contributed by atoms with Gasteiger partial charge in [0.2, 0.25) is 11.8 Å². The fraction of sp³-hybridized carbons (Fsp3) is 0.235. The number of likely N-dealkylation sites (N-methyl/N-ethyl adjacent to an activating group) is 1. The molecule has 0 bridgehead atoms. The Morgan fingerprint density at radius 1 is 0.814 bits per heavy atom. The Labute approximate surface area is 262 Å². The van der Waals surface area contributed by atoms with Crippen LogP contribution in [-0.4, -0.2) is 44.3 Å². The smallest absolute Gasteiger partial charge is 0.264 e. The number of rotatable bonds is 12. The minimum atomic E-state index is -4.13. The zero-order valence-corrected chi connectivity index (χ0v) is 26.9. The Bertz CT molecular complexity index is 1660. The third kappa shape index (κ3) is 8.33. The maximum atomic E-state index is 14.4. The van der Waals surface area contributed by atoms with Gasteiger partial charge in [-0.1, -0.05) is 88.2 Å². The summed E-state index contributed by atoms with van der Waals surface area (Å²) in [5, 5.41) is 2.88. The van der Waals surface area contributed by atoms with Crippen LogP contribution in [-0.2, 0) is 32.6 Å². The number of amides is 2. The molecule has 9 heteroatoms. The molecule has 1 N–H and O–H groups in total. The highest BCUT2D eigenvalue weighted by atomic mass is 79.9. The quantitative estimate of drug-likeness (QED) is 0.201. The first-order valence-electron chi connectivity index (χ1n) is 14.1. The number of carbonyl (C=O) groups excluding carboxylic acids is 2. The van der Waals surface area contributed by atoms with E-state index in [4.69, 9.17) is 0 Å². The molecule has 0 heterocycles. The maximum Gasteiger partial charge on any atom is 0.264 e. The van der Waals surface area contributed by atoms with Gasteiger partial charge in [0.15, 0.2) is 0 Å². The molecule has 0 spiro atoms. The molecule has 0 aromatic heterocycles. The van der Waals surface area contributed by atoms with Gasteiger partial charge in [-0.25, -0.2) is 8.42 Å². The standard InChI is InChI=1S/C34H36BrN3O4S/c1-4-36-34(40)32(22-27-11-6-5-7-12-27)37(23-28-13-9-14-29(35)21-28)33(39)24-38(30-15-8-10-26(3)20-30)43(41,42)31-18-16-25(2)17-19-31/h5-21,32H,4,22-24H2,1-3H3,(H,36,40). The summed E-state index contributed by atoms with van der Waals surface area (Å²) < 4.78 is 30.1. The lowest BCUT2D eigenvalue weighted by molar-refractivity contribution is -0.140. The van der Waals surface area contributed by atoms with Gasteiger partial charge in [0, 0.05) is 24.0 Å². The molecular weight excluding hydrogens is 626 g/mol. The summed E-state index contributed by atoms with van der Waals surface area (Å²) >= 11 is 3.50. The van der Waals surface area contributed by atoms with Crippen molar-refractivity contribution in [1.29, 1.82) is 0 Å². The molecule has 1 unspecified atom stereocenters. The second-order valence-electron chi connectivity index (χ2n) is 10.4. The van der Waals surface area contributed by atoms with Crippen LogP contribution in [0.1, 0.15) is 29.2 Å². The Hall–Kier alpha value is -3.95. The first kappa shape index (κ1) is 32.0. The normalized spacial score (nSPS) is 11.9. The lowest BCUT2D eigenvalue weighted by Crippen LogP contribution is -2.53. The minimum Gasteiger partial charge on any atom is -0.355 e. The van der Waals surface area contributed by atoms with Gasteiger partial charge in [-0.15, -0.1) is 0 Å². The highest BCUT2D eigenvalue weighted by molar-refractivity contribution is 9.10. The first-order chi connectivity index (χ1) is 20.6. The Balaban J connectivity index is 1.80. The lowest BCUT2D eigenvalue weighted by Gasteiger charge is -2.34. The molecule has 43 heavy (non-hydrogen) atoms. The fourth-order valence-electron chi connectivity index (χ4n) is 4.83. The van der Waals surface area contributed by atoms with Crippen LogP contribution in [0.4, 0.5) is 5.69 Å². The van der Waals surface area contributed by atoms with E-state index in [1.165, 1.54) is 4.90 Å². The van der Waals surface area contributed by atoms with Gasteiger partial charge < -0.3 is 10.2 Å². The van der Waals surface area contributed by atoms with Crippen LogP contribution in [0.3, 0.4) is 0 Å². The second kappa shape index (κ2) is 14.5. The van der Waals surface area contributed by atoms with Crippen molar-refractivity contribution < 1.29 is 18.0 Å². The van der Waals surface area contributed by atoms with Gasteiger partial charge in [0.25, 0.3) is 10.0 Å². The molecule has 0 saturated carbocycles. The van der Waals surface area contributed by atoms with Gasteiger partial charge in [0.1, 0.15) is 12.6 Å². The number of aryl methyl sites for hydroxylation is 2. The summed E-state index contributed by atoms with van der Waals surface area (Å²) in [7, 11) is -4.13. The van der Waals surface area contributed by atoms with Gasteiger partial charge in [-0.05, 0) is 73.9 Å². The first-order valence-corrected chi connectivity index (χ1v) is 16.3. The Morgan fingerprint density at radius 2 is 1.49 bits per heavy atom. The summed E-state index contributed by atoms with van der Waals surface area (Å²) in [6.07, 6.45) is 0.265. The number of halogens is 1. The summed E-state index contributed by atoms with van der Waals surface area (Å²) in [4.78, 5) is 29.5. The van der Waals surface area contributed by atoms with Crippen molar-refractivity contribution in [2.75, 3.05) is 17.4 Å². The predicted octanol–water partition coefficient (Wildman–Crippen LogP) is 6.04. The Kier molecular flexibility index (Phi) is 10.8. The molecule has 7 nitrogen and oxygen atoms in total. The third-order valence-electron chi connectivity index (χ3n) is 7.04. The van der Waals surface area contributed by atoms with Crippen molar-refractivity contribution in [3.05, 3.63) is 130 Å². The molecule has 0 fully saturated rings. The largest absolute Gasteiger partial charge is 0.355 e. The molecule has 4 aromatic carbocycles. The Morgan fingerprint density at radius 3 is 2.14 bits per heavy atom. The molecular formula is C34H36BrN3O4S. The summed E-state index contributed by atoms with van der Waals surface area (Å²) in [6.45, 7) is 5.59. The van der Waals surface area contributed by atoms with Gasteiger partial charge in [-0.2, -0.15) is 0 Å². The third-order valence-corrected chi connectivity index (χ3v) is 9.32. The van der Waals surface area contributed by atoms with Crippen LogP contribution in [0.15, 0.2) is 112 Å². The number of hydrogen-bond donors (Lipinski definition) is 1. The number of nitrogens with zero attached hydrogens (tertiary/aromatic N) is 2. The van der Waals surface area contributed by atoms with Crippen molar-refractivity contribution in [2.24, 2.45) is 0 Å². The molecule has 0 saturated heterocycles. The van der Waals surface area contributed by atoms with E-state index in [0.717, 1.165) is 31.0 Å². The van der Waals surface area contributed by atoms with Crippen LogP contribution in [0.25, 0.3) is 0 Å². The van der Waals surface area contributed by atoms with Crippen molar-refractivity contribution >= 4 is 43.5 Å². The minimum absolute atomic E-state index is 0.0792. The van der Waals surface area contributed by atoms with E-state index in [1.807, 2.05) is 81.4 Å². The van der Waals surface area contributed by atoms with Crippen molar-refractivity contribution in [3.8, 4) is 0 Å². The lowest BCUT2D eigenvalue weighted by atomic mass is 10.0. The number of anilines is 1. The van der Waals surface area contributed by atoms with E-state index >= 15 is 0 Å². The fourth-order valence-corrected chi connectivity index (χ4v) is 6.68. The van der Waals surface area contributed by atoms with Gasteiger partial charge in [0.05, 0.1) is 10.6 Å². The molecule has 4 rings (SSSR count). The molecule has 0 radical (unpaired) electrons. The maximum absolute atomic E-state index is 14.4. The van der Waals surface area contributed by atoms with Gasteiger partial charge in [-0.3, -0.25) is 13.9 Å². The molecule has 0 aliphatic rings. The van der Waals surface area contributed by atoms with E-state index in [0.29, 0.717) is 12.2 Å². The molecule has 1 atom stereocenters. The summed E-state index contributed by atoms with van der Waals surface area (Å²) in [5.74, 6) is -0.803. The van der Waals surface area contributed by atoms with E-state index < -0.39 is 28.5 Å². The predicted molar refractivity (Wildman–Crippen MR) is 174 cm³/mol.